The molecule has 1 N–H and O–H groups in total. The fourth-order valence-corrected chi connectivity index (χ4v) is 6.24. The maximum absolute atomic E-state index is 13.2. The van der Waals surface area contributed by atoms with Gasteiger partial charge in [0.05, 0.1) is 4.91 Å². The van der Waals surface area contributed by atoms with E-state index in [2.05, 4.69) is 4.90 Å². The van der Waals surface area contributed by atoms with Crippen LogP contribution >= 0.6 is 24.0 Å². The molecule has 10 heteroatoms. The molecule has 0 aromatic carbocycles. The monoisotopic (exact) mass is 544 g/mol. The molecule has 2 saturated heterocycles. The van der Waals surface area contributed by atoms with Crippen LogP contribution in [0, 0.1) is 18.3 Å². The molecule has 37 heavy (non-hydrogen) atoms. The molecule has 2 aliphatic rings. The lowest BCUT2D eigenvalue weighted by molar-refractivity contribution is -0.137. The number of nitrogens with zero attached hydrogens (tertiary/aromatic N) is 4. The largest absolute Gasteiger partial charge is 0.481 e. The van der Waals surface area contributed by atoms with Crippen molar-refractivity contribution in [2.45, 2.75) is 77.6 Å². The number of aromatic nitrogens is 1. The second-order valence-corrected chi connectivity index (χ2v) is 11.4. The fraction of sp³-hybridized carbons (Fsp3) is 0.593. The smallest absolute Gasteiger partial charge is 0.303 e. The quantitative estimate of drug-likeness (QED) is 0.211. The number of carboxylic acids is 1. The Morgan fingerprint density at radius 1 is 1.08 bits per heavy atom. The molecule has 1 amide bonds. The number of unbranched alkanes of at least 4 members (excludes halogenated alkanes) is 7. The highest BCUT2D eigenvalue weighted by Crippen LogP contribution is 2.36. The van der Waals surface area contributed by atoms with Gasteiger partial charge in [-0.2, -0.15) is 5.26 Å². The maximum atomic E-state index is 13.2. The van der Waals surface area contributed by atoms with Crippen LogP contribution in [0.25, 0.3) is 6.08 Å². The number of nitriles is 1. The van der Waals surface area contributed by atoms with Crippen molar-refractivity contribution in [3.8, 4) is 6.07 Å². The second kappa shape index (κ2) is 13.8. The summed E-state index contributed by atoms with van der Waals surface area (Å²) in [7, 11) is 1.69. The third kappa shape index (κ3) is 7.23. The Kier molecular flexibility index (Phi) is 10.8. The topological polar surface area (TPSA) is 107 Å². The van der Waals surface area contributed by atoms with Crippen LogP contribution in [0.1, 0.15) is 87.3 Å². The predicted octanol–water partition coefficient (Wildman–Crippen LogP) is 4.96. The average molecular weight is 545 g/mol. The van der Waals surface area contributed by atoms with Gasteiger partial charge in [0.2, 0.25) is 0 Å². The third-order valence-corrected chi connectivity index (χ3v) is 8.42. The van der Waals surface area contributed by atoms with E-state index in [1.807, 2.05) is 12.1 Å². The highest BCUT2D eigenvalue weighted by Gasteiger charge is 2.33. The molecule has 8 nitrogen and oxygen atoms in total. The number of thioether (sulfide) groups is 1. The first-order chi connectivity index (χ1) is 17.8. The number of hydrogen-bond acceptors (Lipinski definition) is 7. The number of pyridine rings is 1. The van der Waals surface area contributed by atoms with Gasteiger partial charge >= 0.3 is 5.97 Å². The number of anilines is 1. The summed E-state index contributed by atoms with van der Waals surface area (Å²) in [6.45, 7) is 4.03. The summed E-state index contributed by atoms with van der Waals surface area (Å²) in [5.74, 6) is -0.0891. The van der Waals surface area contributed by atoms with E-state index in [9.17, 15) is 19.6 Å². The van der Waals surface area contributed by atoms with Gasteiger partial charge in [-0.15, -0.1) is 0 Å². The lowest BCUT2D eigenvalue weighted by Crippen LogP contribution is -2.31. The van der Waals surface area contributed by atoms with Gasteiger partial charge in [0.1, 0.15) is 21.8 Å². The predicted molar refractivity (Wildman–Crippen MR) is 152 cm³/mol. The van der Waals surface area contributed by atoms with E-state index >= 15 is 0 Å². The standard InChI is InChI=1S/C27H36N4O4S2/c1-19-20(24(30-14-11-12-15-30)29(2)25(34)21(19)18-28)17-22-26(35)31(27(36)37-22)16-10-8-6-4-3-5-7-9-13-23(32)33/h17H,3-16H2,1-2H3,(H,32,33)/b22-17-. The molecule has 2 fully saturated rings. The SMILES string of the molecule is Cc1c(/C=C2\SC(=S)N(CCCCCCCCCCC(=O)O)C2=O)c(N2CCCC2)n(C)c(=O)c1C#N. The van der Waals surface area contributed by atoms with Crippen molar-refractivity contribution in [1.29, 1.82) is 5.26 Å². The zero-order valence-electron chi connectivity index (χ0n) is 21.8. The lowest BCUT2D eigenvalue weighted by atomic mass is 10.0. The fourth-order valence-electron chi connectivity index (χ4n) is 4.95. The molecule has 0 saturated carbocycles. The molecule has 0 bridgehead atoms. The molecule has 0 unspecified atom stereocenters. The van der Waals surface area contributed by atoms with Crippen LogP contribution in [-0.4, -0.2) is 50.4 Å². The minimum atomic E-state index is -0.728. The lowest BCUT2D eigenvalue weighted by Gasteiger charge is -2.25. The van der Waals surface area contributed by atoms with Crippen molar-refractivity contribution < 1.29 is 14.7 Å². The van der Waals surface area contributed by atoms with Crippen molar-refractivity contribution in [2.75, 3.05) is 24.5 Å². The van der Waals surface area contributed by atoms with Crippen molar-refractivity contribution in [2.24, 2.45) is 7.05 Å². The molecule has 0 aliphatic carbocycles. The number of rotatable bonds is 13. The average Bonchev–Trinajstić information content (AvgIpc) is 3.48. The molecular formula is C27H36N4O4S2. The Balaban J connectivity index is 1.62. The van der Waals surface area contributed by atoms with Crippen LogP contribution < -0.4 is 10.5 Å². The van der Waals surface area contributed by atoms with Gasteiger partial charge in [-0.25, -0.2) is 0 Å². The van der Waals surface area contributed by atoms with E-state index in [1.54, 1.807) is 18.9 Å². The Morgan fingerprint density at radius 2 is 1.68 bits per heavy atom. The zero-order valence-corrected chi connectivity index (χ0v) is 23.4. The molecule has 3 heterocycles. The van der Waals surface area contributed by atoms with Gasteiger partial charge in [0.15, 0.2) is 0 Å². The number of hydrogen-bond donors (Lipinski definition) is 1. The molecule has 1 aromatic rings. The summed E-state index contributed by atoms with van der Waals surface area (Å²) in [5.41, 5.74) is 1.13. The molecule has 0 radical (unpaired) electrons. The molecule has 200 valence electrons. The van der Waals surface area contributed by atoms with Crippen LogP contribution in [0.4, 0.5) is 5.82 Å². The summed E-state index contributed by atoms with van der Waals surface area (Å²) in [6.07, 6.45) is 12.1. The molecule has 0 spiro atoms. The number of aliphatic carboxylic acids is 1. The Hall–Kier alpha value is -2.64. The van der Waals surface area contributed by atoms with E-state index in [1.165, 1.54) is 16.3 Å². The van der Waals surface area contributed by atoms with Crippen LogP contribution in [0.2, 0.25) is 0 Å². The van der Waals surface area contributed by atoms with E-state index in [-0.39, 0.29) is 23.5 Å². The van der Waals surface area contributed by atoms with Crippen molar-refractivity contribution >= 4 is 52.1 Å². The maximum Gasteiger partial charge on any atom is 0.303 e. The summed E-state index contributed by atoms with van der Waals surface area (Å²) in [5, 5.41) is 18.3. The first-order valence-electron chi connectivity index (χ1n) is 13.1. The second-order valence-electron chi connectivity index (χ2n) is 9.71. The number of thiocarbonyl (C=S) groups is 1. The Bertz CT molecular complexity index is 1160. The minimum Gasteiger partial charge on any atom is -0.481 e. The summed E-state index contributed by atoms with van der Waals surface area (Å²) < 4.78 is 2.08. The number of amides is 1. The van der Waals surface area contributed by atoms with Crippen molar-refractivity contribution in [3.63, 3.8) is 0 Å². The highest BCUT2D eigenvalue weighted by molar-refractivity contribution is 8.26. The van der Waals surface area contributed by atoms with E-state index in [0.29, 0.717) is 21.3 Å². The Labute approximate surface area is 228 Å². The van der Waals surface area contributed by atoms with Crippen LogP contribution in [0.3, 0.4) is 0 Å². The van der Waals surface area contributed by atoms with Gasteiger partial charge in [0.25, 0.3) is 11.5 Å². The number of carboxylic acid groups (broad SMARTS) is 1. The van der Waals surface area contributed by atoms with Crippen molar-refractivity contribution in [3.05, 3.63) is 31.9 Å². The third-order valence-electron chi connectivity index (χ3n) is 7.04. The van der Waals surface area contributed by atoms with Crippen LogP contribution in [0.15, 0.2) is 9.70 Å². The summed E-state index contributed by atoms with van der Waals surface area (Å²) in [6, 6.07) is 2.05. The van der Waals surface area contributed by atoms with Crippen LogP contribution in [-0.2, 0) is 16.6 Å². The van der Waals surface area contributed by atoms with Gasteiger partial charge in [-0.1, -0.05) is 62.5 Å². The minimum absolute atomic E-state index is 0.106. The molecular weight excluding hydrogens is 508 g/mol. The van der Waals surface area contributed by atoms with E-state index in [0.717, 1.165) is 88.7 Å². The summed E-state index contributed by atoms with van der Waals surface area (Å²) in [4.78, 5) is 40.9. The Morgan fingerprint density at radius 3 is 2.27 bits per heavy atom. The summed E-state index contributed by atoms with van der Waals surface area (Å²) >= 11 is 6.80. The normalized spacial score (nSPS) is 16.7. The molecule has 2 aliphatic heterocycles. The molecule has 1 aromatic heterocycles. The molecule has 0 atom stereocenters. The highest BCUT2D eigenvalue weighted by atomic mass is 32.2. The van der Waals surface area contributed by atoms with Gasteiger partial charge in [-0.05, 0) is 44.2 Å². The first kappa shape index (κ1) is 28.9. The van der Waals surface area contributed by atoms with Gasteiger partial charge in [-0.3, -0.25) is 23.9 Å². The van der Waals surface area contributed by atoms with Crippen LogP contribution in [0.5, 0.6) is 0 Å². The zero-order chi connectivity index (χ0) is 26.9. The van der Waals surface area contributed by atoms with E-state index in [4.69, 9.17) is 17.3 Å². The molecule has 3 rings (SSSR count). The van der Waals surface area contributed by atoms with Gasteiger partial charge in [0, 0.05) is 38.7 Å². The van der Waals surface area contributed by atoms with E-state index < -0.39 is 5.97 Å². The number of carbonyl (C=O) groups is 2. The number of carbonyl (C=O) groups excluding carboxylic acids is 1. The van der Waals surface area contributed by atoms with Gasteiger partial charge < -0.3 is 10.0 Å². The first-order valence-corrected chi connectivity index (χ1v) is 14.3. The van der Waals surface area contributed by atoms with Crippen molar-refractivity contribution in [1.82, 2.24) is 9.47 Å².